The molecule has 7 nitrogen and oxygen atoms in total. The quantitative estimate of drug-likeness (QED) is 0.533. The van der Waals surface area contributed by atoms with Crippen molar-refractivity contribution >= 4 is 33.8 Å². The van der Waals surface area contributed by atoms with Crippen LogP contribution in [0, 0.1) is 0 Å². The number of azo groups is 1. The maximum absolute atomic E-state index is 9.94. The fourth-order valence-electron chi connectivity index (χ4n) is 1.92. The summed E-state index contributed by atoms with van der Waals surface area (Å²) in [6.45, 7) is 0. The van der Waals surface area contributed by atoms with Crippen LogP contribution in [0.4, 0.5) is 23.0 Å². The van der Waals surface area contributed by atoms with Crippen LogP contribution in [0.15, 0.2) is 46.6 Å². The topological polar surface area (TPSA) is 126 Å². The Morgan fingerprint density at radius 3 is 2.50 bits per heavy atom. The number of fused-ring (bicyclic) bond motifs is 1. The van der Waals surface area contributed by atoms with E-state index in [9.17, 15) is 5.11 Å². The molecule has 3 rings (SSSR count). The summed E-state index contributed by atoms with van der Waals surface area (Å²) in [7, 11) is 0. The van der Waals surface area contributed by atoms with E-state index in [1.54, 1.807) is 6.07 Å². The molecule has 0 spiro atoms. The lowest BCUT2D eigenvalue weighted by Crippen LogP contribution is -1.84. The number of anilines is 2. The van der Waals surface area contributed by atoms with Crippen molar-refractivity contribution in [1.29, 1.82) is 0 Å². The van der Waals surface area contributed by atoms with Crippen molar-refractivity contribution in [3.05, 3.63) is 36.4 Å². The fraction of sp³-hybridized carbons (Fsp3) is 0. The minimum Gasteiger partial charge on any atom is -0.506 e. The molecule has 0 saturated carbocycles. The van der Waals surface area contributed by atoms with Crippen LogP contribution in [0.25, 0.3) is 10.8 Å². The molecule has 7 heteroatoms. The Morgan fingerprint density at radius 1 is 1.00 bits per heavy atom. The Morgan fingerprint density at radius 2 is 1.75 bits per heavy atom. The number of benzene rings is 2. The molecule has 0 saturated heterocycles. The van der Waals surface area contributed by atoms with Gasteiger partial charge < -0.3 is 16.6 Å². The highest BCUT2D eigenvalue weighted by Crippen LogP contribution is 2.37. The number of aromatic hydroxyl groups is 1. The molecule has 0 unspecified atom stereocenters. The van der Waals surface area contributed by atoms with Crippen molar-refractivity contribution in [3.8, 4) is 5.75 Å². The Labute approximate surface area is 113 Å². The van der Waals surface area contributed by atoms with Crippen LogP contribution in [0.5, 0.6) is 5.75 Å². The summed E-state index contributed by atoms with van der Waals surface area (Å²) in [4.78, 5) is 0. The van der Waals surface area contributed by atoms with Crippen LogP contribution in [0.2, 0.25) is 0 Å². The molecule has 0 radical (unpaired) electrons. The third-order valence-corrected chi connectivity index (χ3v) is 2.92. The van der Waals surface area contributed by atoms with E-state index >= 15 is 0 Å². The number of nitrogens with one attached hydrogen (secondary N) is 1. The first-order chi connectivity index (χ1) is 9.66. The SMILES string of the molecule is Nc1n[nH]c(N)c1N=Nc1c(O)ccc2ccccc12. The molecule has 0 fully saturated rings. The number of phenolic OH excluding ortho intramolecular Hbond substituents is 1. The number of aromatic nitrogens is 2. The lowest BCUT2D eigenvalue weighted by atomic mass is 10.1. The second-order valence-electron chi connectivity index (χ2n) is 4.23. The van der Waals surface area contributed by atoms with Crippen LogP contribution in [-0.2, 0) is 0 Å². The average molecular weight is 268 g/mol. The standard InChI is InChI=1S/C13H12N6O/c14-12-11(13(15)19-18-12)17-16-10-8-4-2-1-3-7(8)5-6-9(10)20/h1-6,20H,(H5,14,15,18,19). The highest BCUT2D eigenvalue weighted by atomic mass is 16.3. The lowest BCUT2D eigenvalue weighted by molar-refractivity contribution is 0.477. The van der Waals surface area contributed by atoms with Gasteiger partial charge in [-0.05, 0) is 11.5 Å². The highest BCUT2D eigenvalue weighted by Gasteiger charge is 2.09. The van der Waals surface area contributed by atoms with Gasteiger partial charge in [0.2, 0.25) is 0 Å². The molecule has 6 N–H and O–H groups in total. The number of aromatic amines is 1. The molecular formula is C13H12N6O. The number of rotatable bonds is 2. The molecule has 0 amide bonds. The Hall–Kier alpha value is -3.09. The summed E-state index contributed by atoms with van der Waals surface area (Å²) in [5.74, 6) is 0.421. The molecule has 1 heterocycles. The molecule has 0 aliphatic rings. The second-order valence-corrected chi connectivity index (χ2v) is 4.23. The van der Waals surface area contributed by atoms with Gasteiger partial charge in [-0.25, -0.2) is 0 Å². The number of nitrogens with zero attached hydrogens (tertiary/aromatic N) is 3. The van der Waals surface area contributed by atoms with E-state index in [1.807, 2.05) is 30.3 Å². The number of H-pyrrole nitrogens is 1. The molecule has 0 aliphatic heterocycles. The van der Waals surface area contributed by atoms with E-state index in [-0.39, 0.29) is 23.1 Å². The van der Waals surface area contributed by atoms with Gasteiger partial charge in [-0.15, -0.1) is 10.2 Å². The highest BCUT2D eigenvalue weighted by molar-refractivity contribution is 5.95. The molecule has 2 aromatic carbocycles. The number of phenols is 1. The maximum atomic E-state index is 9.94. The third kappa shape index (κ3) is 1.91. The number of hydrogen-bond acceptors (Lipinski definition) is 6. The molecule has 3 aromatic rings. The van der Waals surface area contributed by atoms with Crippen LogP contribution < -0.4 is 11.5 Å². The maximum Gasteiger partial charge on any atom is 0.175 e. The van der Waals surface area contributed by atoms with E-state index in [0.29, 0.717) is 5.69 Å². The predicted molar refractivity (Wildman–Crippen MR) is 77.2 cm³/mol. The van der Waals surface area contributed by atoms with Gasteiger partial charge in [0, 0.05) is 5.39 Å². The Bertz CT molecular complexity index is 788. The first-order valence-electron chi connectivity index (χ1n) is 5.88. The van der Waals surface area contributed by atoms with Crippen molar-refractivity contribution in [2.75, 3.05) is 11.5 Å². The van der Waals surface area contributed by atoms with E-state index < -0.39 is 0 Å². The zero-order chi connectivity index (χ0) is 14.1. The van der Waals surface area contributed by atoms with E-state index in [1.165, 1.54) is 0 Å². The van der Waals surface area contributed by atoms with Crippen molar-refractivity contribution in [2.45, 2.75) is 0 Å². The van der Waals surface area contributed by atoms with Crippen LogP contribution in [-0.4, -0.2) is 15.3 Å². The minimum absolute atomic E-state index is 0.0353. The molecule has 0 atom stereocenters. The Balaban J connectivity index is 2.13. The minimum atomic E-state index is 0.0353. The van der Waals surface area contributed by atoms with Crippen LogP contribution in [0.1, 0.15) is 0 Å². The molecule has 0 bridgehead atoms. The summed E-state index contributed by atoms with van der Waals surface area (Å²) >= 11 is 0. The van der Waals surface area contributed by atoms with Gasteiger partial charge in [0.05, 0.1) is 0 Å². The molecule has 1 aromatic heterocycles. The summed E-state index contributed by atoms with van der Waals surface area (Å²) < 4.78 is 0. The molecular weight excluding hydrogens is 256 g/mol. The first kappa shape index (κ1) is 12.0. The summed E-state index contributed by atoms with van der Waals surface area (Å²) in [6, 6.07) is 10.9. The van der Waals surface area contributed by atoms with Crippen molar-refractivity contribution in [1.82, 2.24) is 10.2 Å². The van der Waals surface area contributed by atoms with Crippen molar-refractivity contribution in [2.24, 2.45) is 10.2 Å². The number of hydrogen-bond donors (Lipinski definition) is 4. The van der Waals surface area contributed by atoms with Crippen LogP contribution >= 0.6 is 0 Å². The number of nitrogen functional groups attached to an aromatic ring is 2. The zero-order valence-corrected chi connectivity index (χ0v) is 10.4. The van der Waals surface area contributed by atoms with E-state index in [4.69, 9.17) is 11.5 Å². The van der Waals surface area contributed by atoms with Gasteiger partial charge in [0.25, 0.3) is 0 Å². The normalized spacial score (nSPS) is 11.4. The monoisotopic (exact) mass is 268 g/mol. The first-order valence-corrected chi connectivity index (χ1v) is 5.88. The molecule has 20 heavy (non-hydrogen) atoms. The van der Waals surface area contributed by atoms with Gasteiger partial charge in [-0.2, -0.15) is 5.10 Å². The van der Waals surface area contributed by atoms with E-state index in [0.717, 1.165) is 10.8 Å². The fourth-order valence-corrected chi connectivity index (χ4v) is 1.92. The third-order valence-electron chi connectivity index (χ3n) is 2.92. The summed E-state index contributed by atoms with van der Waals surface area (Å²) in [5, 5.41) is 25.9. The van der Waals surface area contributed by atoms with Gasteiger partial charge in [-0.1, -0.05) is 30.3 Å². The lowest BCUT2D eigenvalue weighted by Gasteiger charge is -2.03. The van der Waals surface area contributed by atoms with E-state index in [2.05, 4.69) is 20.4 Å². The second kappa shape index (κ2) is 4.54. The smallest absolute Gasteiger partial charge is 0.175 e. The molecule has 0 aliphatic carbocycles. The largest absolute Gasteiger partial charge is 0.506 e. The average Bonchev–Trinajstić information content (AvgIpc) is 2.77. The Kier molecular flexibility index (Phi) is 2.72. The number of nitrogens with two attached hydrogens (primary N) is 2. The van der Waals surface area contributed by atoms with Crippen molar-refractivity contribution in [3.63, 3.8) is 0 Å². The predicted octanol–water partition coefficient (Wildman–Crippen LogP) is 2.85. The van der Waals surface area contributed by atoms with Gasteiger partial charge in [0.1, 0.15) is 17.3 Å². The van der Waals surface area contributed by atoms with Gasteiger partial charge >= 0.3 is 0 Å². The zero-order valence-electron chi connectivity index (χ0n) is 10.4. The summed E-state index contributed by atoms with van der Waals surface area (Å²) in [6.07, 6.45) is 0. The van der Waals surface area contributed by atoms with Gasteiger partial charge in [-0.3, -0.25) is 5.10 Å². The summed E-state index contributed by atoms with van der Waals surface area (Å²) in [5.41, 5.74) is 11.9. The van der Waals surface area contributed by atoms with Crippen molar-refractivity contribution < 1.29 is 5.11 Å². The van der Waals surface area contributed by atoms with Gasteiger partial charge in [0.15, 0.2) is 11.5 Å². The van der Waals surface area contributed by atoms with Crippen LogP contribution in [0.3, 0.4) is 0 Å². The molecule has 100 valence electrons.